The van der Waals surface area contributed by atoms with E-state index in [2.05, 4.69) is 62.0 Å². The average Bonchev–Trinajstić information content (AvgIpc) is 2.38. The molecule has 1 nitrogen and oxygen atoms in total. The summed E-state index contributed by atoms with van der Waals surface area (Å²) < 4.78 is 2.26. The molecule has 2 aromatic carbocycles. The van der Waals surface area contributed by atoms with E-state index in [9.17, 15) is 0 Å². The Hall–Kier alpha value is 0.190. The summed E-state index contributed by atoms with van der Waals surface area (Å²) >= 11 is 18.0. The zero-order valence-corrected chi connectivity index (χ0v) is 15.3. The molecule has 0 amide bonds. The minimum Gasteiger partial charge on any atom is -0.309 e. The van der Waals surface area contributed by atoms with E-state index in [0.29, 0.717) is 10.0 Å². The predicted octanol–water partition coefficient (Wildman–Crippen LogP) is 5.67. The highest BCUT2D eigenvalue weighted by molar-refractivity contribution is 14.1. The molecule has 0 saturated heterocycles. The Morgan fingerprint density at radius 1 is 1.11 bits per heavy atom. The topological polar surface area (TPSA) is 12.0 Å². The highest BCUT2D eigenvalue weighted by atomic mass is 127. The highest BCUT2D eigenvalue weighted by Gasteiger charge is 2.16. The van der Waals surface area contributed by atoms with E-state index in [0.717, 1.165) is 10.0 Å². The van der Waals surface area contributed by atoms with Crippen LogP contribution in [0, 0.1) is 3.57 Å². The zero-order chi connectivity index (χ0) is 14.0. The summed E-state index contributed by atoms with van der Waals surface area (Å²) in [7, 11) is 1.93. The molecule has 0 aromatic heterocycles. The Morgan fingerprint density at radius 3 is 2.47 bits per heavy atom. The molecule has 19 heavy (non-hydrogen) atoms. The lowest BCUT2D eigenvalue weighted by Gasteiger charge is -2.19. The molecular formula is C14H11BrCl2IN. The van der Waals surface area contributed by atoms with Gasteiger partial charge in [-0.05, 0) is 71.1 Å². The lowest BCUT2D eigenvalue weighted by molar-refractivity contribution is 0.688. The number of nitrogens with one attached hydrogen (secondary N) is 1. The van der Waals surface area contributed by atoms with Crippen molar-refractivity contribution in [2.45, 2.75) is 6.04 Å². The number of benzene rings is 2. The molecule has 2 rings (SSSR count). The van der Waals surface area contributed by atoms with Crippen LogP contribution >= 0.6 is 61.7 Å². The molecule has 1 atom stereocenters. The summed E-state index contributed by atoms with van der Waals surface area (Å²) in [4.78, 5) is 0. The van der Waals surface area contributed by atoms with Crippen LogP contribution in [-0.2, 0) is 0 Å². The average molecular weight is 471 g/mol. The van der Waals surface area contributed by atoms with Gasteiger partial charge in [0.25, 0.3) is 0 Å². The molecule has 2 aromatic rings. The maximum Gasteiger partial charge on any atom is 0.0595 e. The second-order valence-electron chi connectivity index (χ2n) is 4.06. The molecule has 0 fully saturated rings. The van der Waals surface area contributed by atoms with Gasteiger partial charge in [-0.2, -0.15) is 0 Å². The van der Waals surface area contributed by atoms with Crippen molar-refractivity contribution in [1.82, 2.24) is 5.32 Å². The lowest BCUT2D eigenvalue weighted by Crippen LogP contribution is -2.18. The Bertz CT molecular complexity index is 604. The predicted molar refractivity (Wildman–Crippen MR) is 94.2 cm³/mol. The van der Waals surface area contributed by atoms with Crippen LogP contribution in [0.15, 0.2) is 40.9 Å². The summed E-state index contributed by atoms with van der Waals surface area (Å²) in [5, 5.41) is 4.46. The van der Waals surface area contributed by atoms with Crippen molar-refractivity contribution in [2.75, 3.05) is 7.05 Å². The maximum absolute atomic E-state index is 6.10. The molecule has 0 radical (unpaired) electrons. The van der Waals surface area contributed by atoms with Crippen molar-refractivity contribution in [3.8, 4) is 0 Å². The van der Waals surface area contributed by atoms with Crippen LogP contribution in [0.1, 0.15) is 17.2 Å². The second kappa shape index (κ2) is 6.76. The van der Waals surface area contributed by atoms with Gasteiger partial charge in [-0.25, -0.2) is 0 Å². The van der Waals surface area contributed by atoms with Crippen LogP contribution in [0.3, 0.4) is 0 Å². The van der Waals surface area contributed by atoms with E-state index in [1.54, 1.807) is 0 Å². The van der Waals surface area contributed by atoms with Crippen molar-refractivity contribution in [2.24, 2.45) is 0 Å². The van der Waals surface area contributed by atoms with Gasteiger partial charge >= 0.3 is 0 Å². The van der Waals surface area contributed by atoms with Crippen LogP contribution in [0.5, 0.6) is 0 Å². The number of hydrogen-bond donors (Lipinski definition) is 1. The van der Waals surface area contributed by atoms with Gasteiger partial charge in [0.1, 0.15) is 0 Å². The molecule has 5 heteroatoms. The van der Waals surface area contributed by atoms with E-state index in [1.165, 1.54) is 9.13 Å². The summed E-state index contributed by atoms with van der Waals surface area (Å²) in [5.41, 5.74) is 2.26. The molecule has 1 N–H and O–H groups in total. The van der Waals surface area contributed by atoms with E-state index >= 15 is 0 Å². The monoisotopic (exact) mass is 469 g/mol. The van der Waals surface area contributed by atoms with Gasteiger partial charge in [-0.1, -0.05) is 45.2 Å². The Morgan fingerprint density at radius 2 is 1.84 bits per heavy atom. The maximum atomic E-state index is 6.10. The second-order valence-corrected chi connectivity index (χ2v) is 6.98. The fourth-order valence-electron chi connectivity index (χ4n) is 1.93. The standard InChI is InChI=1S/C14H11BrCl2IN/c1-19-14(8-2-5-12(16)13(17)6-8)10-7-9(18)3-4-11(10)15/h2-7,14,19H,1H3. The molecule has 0 saturated carbocycles. The Kier molecular flexibility index (Phi) is 5.55. The van der Waals surface area contributed by atoms with E-state index in [-0.39, 0.29) is 6.04 Å². The fourth-order valence-corrected chi connectivity index (χ4v) is 3.23. The fraction of sp³-hybridized carbons (Fsp3) is 0.143. The normalized spacial score (nSPS) is 12.5. The quantitative estimate of drug-likeness (QED) is 0.570. The highest BCUT2D eigenvalue weighted by Crippen LogP contribution is 2.32. The summed E-state index contributed by atoms with van der Waals surface area (Å²) in [6.07, 6.45) is 0. The molecular weight excluding hydrogens is 460 g/mol. The first-order valence-corrected chi connectivity index (χ1v) is 8.23. The summed E-state index contributed by atoms with van der Waals surface area (Å²) in [6.45, 7) is 0. The van der Waals surface area contributed by atoms with Gasteiger partial charge in [0.15, 0.2) is 0 Å². The van der Waals surface area contributed by atoms with Crippen molar-refractivity contribution < 1.29 is 0 Å². The van der Waals surface area contributed by atoms with E-state index in [4.69, 9.17) is 23.2 Å². The molecule has 100 valence electrons. The first-order chi connectivity index (χ1) is 9.02. The molecule has 0 heterocycles. The smallest absolute Gasteiger partial charge is 0.0595 e. The first-order valence-electron chi connectivity index (χ1n) is 5.60. The van der Waals surface area contributed by atoms with Crippen LogP contribution in [-0.4, -0.2) is 7.05 Å². The third-order valence-electron chi connectivity index (χ3n) is 2.83. The third-order valence-corrected chi connectivity index (χ3v) is 4.97. The van der Waals surface area contributed by atoms with Gasteiger partial charge in [-0.3, -0.25) is 0 Å². The molecule has 0 aliphatic rings. The van der Waals surface area contributed by atoms with E-state index in [1.807, 2.05) is 25.2 Å². The van der Waals surface area contributed by atoms with Gasteiger partial charge in [0.2, 0.25) is 0 Å². The molecule has 0 aliphatic heterocycles. The summed E-state index contributed by atoms with van der Waals surface area (Å²) in [6, 6.07) is 12.0. The Balaban J connectivity index is 2.49. The van der Waals surface area contributed by atoms with Crippen molar-refractivity contribution in [3.05, 3.63) is 65.6 Å². The van der Waals surface area contributed by atoms with Crippen LogP contribution in [0.2, 0.25) is 10.0 Å². The zero-order valence-electron chi connectivity index (χ0n) is 10.1. The minimum absolute atomic E-state index is 0.0684. The number of halogens is 4. The van der Waals surface area contributed by atoms with Gasteiger partial charge in [-0.15, -0.1) is 0 Å². The van der Waals surface area contributed by atoms with Crippen LogP contribution in [0.25, 0.3) is 0 Å². The largest absolute Gasteiger partial charge is 0.309 e. The van der Waals surface area contributed by atoms with Crippen LogP contribution < -0.4 is 5.32 Å². The number of rotatable bonds is 3. The third kappa shape index (κ3) is 3.64. The molecule has 0 bridgehead atoms. The van der Waals surface area contributed by atoms with E-state index < -0.39 is 0 Å². The van der Waals surface area contributed by atoms with Gasteiger partial charge in [0, 0.05) is 8.04 Å². The summed E-state index contributed by atoms with van der Waals surface area (Å²) in [5.74, 6) is 0. The molecule has 0 aliphatic carbocycles. The Labute approximate surface area is 145 Å². The van der Waals surface area contributed by atoms with Crippen molar-refractivity contribution >= 4 is 61.7 Å². The van der Waals surface area contributed by atoms with Crippen molar-refractivity contribution in [1.29, 1.82) is 0 Å². The lowest BCUT2D eigenvalue weighted by atomic mass is 9.99. The first kappa shape index (κ1) is 15.6. The minimum atomic E-state index is 0.0684. The van der Waals surface area contributed by atoms with Gasteiger partial charge in [0.05, 0.1) is 16.1 Å². The van der Waals surface area contributed by atoms with Crippen molar-refractivity contribution in [3.63, 3.8) is 0 Å². The van der Waals surface area contributed by atoms with Gasteiger partial charge < -0.3 is 5.32 Å². The molecule has 0 spiro atoms. The SMILES string of the molecule is CNC(c1ccc(Cl)c(Cl)c1)c1cc(I)ccc1Br. The molecule has 1 unspecified atom stereocenters. The van der Waals surface area contributed by atoms with Crippen LogP contribution in [0.4, 0.5) is 0 Å². The number of hydrogen-bond acceptors (Lipinski definition) is 1.